The summed E-state index contributed by atoms with van der Waals surface area (Å²) < 4.78 is 0. The molecule has 0 aromatic heterocycles. The van der Waals surface area contributed by atoms with Crippen LogP contribution in [0.15, 0.2) is 0 Å². The van der Waals surface area contributed by atoms with E-state index in [1.807, 2.05) is 6.92 Å². The molecule has 0 rings (SSSR count). The SMILES string of the molecule is CCCC[C@](C)(O)CC#C[Si](CC)(CC)CC. The van der Waals surface area contributed by atoms with E-state index in [2.05, 4.69) is 39.2 Å². The molecule has 0 aliphatic carbocycles. The maximum atomic E-state index is 10.2. The summed E-state index contributed by atoms with van der Waals surface area (Å²) in [7, 11) is -1.32. The van der Waals surface area contributed by atoms with E-state index < -0.39 is 13.7 Å². The quantitative estimate of drug-likeness (QED) is 0.528. The first-order chi connectivity index (χ1) is 7.95. The van der Waals surface area contributed by atoms with Crippen LogP contribution in [0.25, 0.3) is 0 Å². The molecule has 1 atom stereocenters. The Morgan fingerprint density at radius 1 is 1.06 bits per heavy atom. The van der Waals surface area contributed by atoms with Gasteiger partial charge in [-0.2, -0.15) is 0 Å². The molecular formula is C15H30OSi. The Bertz CT molecular complexity index is 248. The van der Waals surface area contributed by atoms with Crippen LogP contribution in [0.5, 0.6) is 0 Å². The van der Waals surface area contributed by atoms with Gasteiger partial charge in [0.1, 0.15) is 8.07 Å². The summed E-state index contributed by atoms with van der Waals surface area (Å²) in [6.07, 6.45) is 3.74. The monoisotopic (exact) mass is 254 g/mol. The third-order valence-corrected chi connectivity index (χ3v) is 8.69. The predicted molar refractivity (Wildman–Crippen MR) is 79.7 cm³/mol. The van der Waals surface area contributed by atoms with Gasteiger partial charge in [-0.3, -0.25) is 0 Å². The summed E-state index contributed by atoms with van der Waals surface area (Å²) in [4.78, 5) is 0. The van der Waals surface area contributed by atoms with Crippen LogP contribution in [0, 0.1) is 11.5 Å². The van der Waals surface area contributed by atoms with E-state index in [-0.39, 0.29) is 0 Å². The predicted octanol–water partition coefficient (Wildman–Crippen LogP) is 4.37. The van der Waals surface area contributed by atoms with Crippen molar-refractivity contribution in [2.45, 2.75) is 84.0 Å². The minimum Gasteiger partial charge on any atom is -0.389 e. The molecule has 0 bridgehead atoms. The number of unbranched alkanes of at least 4 members (excludes halogenated alkanes) is 1. The van der Waals surface area contributed by atoms with Crippen molar-refractivity contribution >= 4 is 8.07 Å². The van der Waals surface area contributed by atoms with Crippen molar-refractivity contribution in [1.82, 2.24) is 0 Å². The van der Waals surface area contributed by atoms with Gasteiger partial charge in [-0.05, 0) is 31.5 Å². The Labute approximate surface area is 109 Å². The molecular weight excluding hydrogens is 224 g/mol. The van der Waals surface area contributed by atoms with Gasteiger partial charge in [0.05, 0.1) is 5.60 Å². The van der Waals surface area contributed by atoms with Crippen molar-refractivity contribution in [2.75, 3.05) is 0 Å². The summed E-state index contributed by atoms with van der Waals surface area (Å²) in [5.41, 5.74) is 2.96. The second-order valence-electron chi connectivity index (χ2n) is 5.42. The Balaban J connectivity index is 4.43. The number of aliphatic hydroxyl groups is 1. The summed E-state index contributed by atoms with van der Waals surface area (Å²) in [6.45, 7) is 10.9. The molecule has 0 fully saturated rings. The zero-order chi connectivity index (χ0) is 13.4. The molecule has 2 heteroatoms. The van der Waals surface area contributed by atoms with Gasteiger partial charge < -0.3 is 5.11 Å². The van der Waals surface area contributed by atoms with Gasteiger partial charge >= 0.3 is 0 Å². The zero-order valence-electron chi connectivity index (χ0n) is 12.4. The maximum Gasteiger partial charge on any atom is 0.137 e. The van der Waals surface area contributed by atoms with E-state index in [1.54, 1.807) is 0 Å². The molecule has 0 heterocycles. The molecule has 0 saturated heterocycles. The normalized spacial score (nSPS) is 14.9. The van der Waals surface area contributed by atoms with Crippen LogP contribution in [0.4, 0.5) is 0 Å². The zero-order valence-corrected chi connectivity index (χ0v) is 13.4. The smallest absolute Gasteiger partial charge is 0.137 e. The number of rotatable bonds is 7. The Morgan fingerprint density at radius 3 is 2.00 bits per heavy atom. The van der Waals surface area contributed by atoms with Gasteiger partial charge in [0, 0.05) is 6.42 Å². The van der Waals surface area contributed by atoms with E-state index in [4.69, 9.17) is 0 Å². The Morgan fingerprint density at radius 2 is 1.59 bits per heavy atom. The molecule has 1 N–H and O–H groups in total. The molecule has 0 aliphatic rings. The van der Waals surface area contributed by atoms with Crippen molar-refractivity contribution < 1.29 is 5.11 Å². The highest BCUT2D eigenvalue weighted by Gasteiger charge is 2.24. The van der Waals surface area contributed by atoms with Crippen LogP contribution < -0.4 is 0 Å². The van der Waals surface area contributed by atoms with Gasteiger partial charge in [-0.25, -0.2) is 0 Å². The average Bonchev–Trinajstić information content (AvgIpc) is 2.33. The van der Waals surface area contributed by atoms with Crippen LogP contribution in [-0.2, 0) is 0 Å². The van der Waals surface area contributed by atoms with Crippen molar-refractivity contribution in [3.63, 3.8) is 0 Å². The topological polar surface area (TPSA) is 20.2 Å². The highest BCUT2D eigenvalue weighted by Crippen LogP contribution is 2.20. The van der Waals surface area contributed by atoms with E-state index in [9.17, 15) is 5.11 Å². The highest BCUT2D eigenvalue weighted by atomic mass is 28.3. The van der Waals surface area contributed by atoms with Crippen molar-refractivity contribution in [2.24, 2.45) is 0 Å². The van der Waals surface area contributed by atoms with Gasteiger partial charge in [-0.1, -0.05) is 40.5 Å². The lowest BCUT2D eigenvalue weighted by Gasteiger charge is -2.22. The molecule has 0 aromatic rings. The van der Waals surface area contributed by atoms with Crippen LogP contribution in [-0.4, -0.2) is 18.8 Å². The first-order valence-corrected chi connectivity index (χ1v) is 9.79. The third kappa shape index (κ3) is 6.28. The molecule has 0 aliphatic heterocycles. The first kappa shape index (κ1) is 16.7. The summed E-state index contributed by atoms with van der Waals surface area (Å²) in [5.74, 6) is 3.29. The molecule has 1 nitrogen and oxygen atoms in total. The summed E-state index contributed by atoms with van der Waals surface area (Å²) in [6, 6.07) is 3.72. The van der Waals surface area contributed by atoms with E-state index in [0.29, 0.717) is 6.42 Å². The second-order valence-corrected chi connectivity index (χ2v) is 10.4. The lowest BCUT2D eigenvalue weighted by Crippen LogP contribution is -2.30. The van der Waals surface area contributed by atoms with Crippen LogP contribution in [0.1, 0.15) is 60.3 Å². The molecule has 17 heavy (non-hydrogen) atoms. The molecule has 0 unspecified atom stereocenters. The highest BCUT2D eigenvalue weighted by molar-refractivity contribution is 6.87. The fourth-order valence-corrected chi connectivity index (χ4v) is 4.58. The minimum atomic E-state index is -1.32. The summed E-state index contributed by atoms with van der Waals surface area (Å²) in [5, 5.41) is 10.2. The molecule has 0 amide bonds. The van der Waals surface area contributed by atoms with Crippen LogP contribution in [0.2, 0.25) is 18.1 Å². The van der Waals surface area contributed by atoms with Crippen molar-refractivity contribution in [3.8, 4) is 11.5 Å². The average molecular weight is 254 g/mol. The number of hydrogen-bond donors (Lipinski definition) is 1. The van der Waals surface area contributed by atoms with Crippen molar-refractivity contribution in [1.29, 1.82) is 0 Å². The van der Waals surface area contributed by atoms with E-state index in [1.165, 1.54) is 18.1 Å². The molecule has 0 aromatic carbocycles. The minimum absolute atomic E-state index is 0.585. The van der Waals surface area contributed by atoms with Crippen molar-refractivity contribution in [3.05, 3.63) is 0 Å². The molecule has 0 saturated carbocycles. The number of hydrogen-bond acceptors (Lipinski definition) is 1. The van der Waals surface area contributed by atoms with Crippen LogP contribution in [0.3, 0.4) is 0 Å². The fourth-order valence-electron chi connectivity index (χ4n) is 2.08. The molecule has 0 radical (unpaired) electrons. The molecule has 100 valence electrons. The summed E-state index contributed by atoms with van der Waals surface area (Å²) >= 11 is 0. The fraction of sp³-hybridized carbons (Fsp3) is 0.867. The lowest BCUT2D eigenvalue weighted by molar-refractivity contribution is 0.0539. The molecule has 0 spiro atoms. The first-order valence-electron chi connectivity index (χ1n) is 7.17. The standard InChI is InChI=1S/C15H30OSi/c1-6-10-12-15(5,16)13-11-14-17(7-2,8-3)9-4/h16H,6-10,12-13H2,1-5H3/t15-/m0/s1. The largest absolute Gasteiger partial charge is 0.389 e. The van der Waals surface area contributed by atoms with E-state index >= 15 is 0 Å². The van der Waals surface area contributed by atoms with Gasteiger partial charge in [0.25, 0.3) is 0 Å². The van der Waals surface area contributed by atoms with Gasteiger partial charge in [0.15, 0.2) is 0 Å². The van der Waals surface area contributed by atoms with Crippen LogP contribution >= 0.6 is 0 Å². The van der Waals surface area contributed by atoms with E-state index in [0.717, 1.165) is 19.3 Å². The van der Waals surface area contributed by atoms with Gasteiger partial charge in [-0.15, -0.1) is 11.5 Å². The Hall–Kier alpha value is -0.263. The maximum absolute atomic E-state index is 10.2. The Kier molecular flexibility index (Phi) is 7.82. The third-order valence-electron chi connectivity index (χ3n) is 3.92. The van der Waals surface area contributed by atoms with Gasteiger partial charge in [0.2, 0.25) is 0 Å². The second kappa shape index (κ2) is 7.95. The lowest BCUT2D eigenvalue weighted by atomic mass is 9.96.